The molecule has 1 atom stereocenters. The Hall–Kier alpha value is -2.03. The van der Waals surface area contributed by atoms with Crippen molar-refractivity contribution in [3.05, 3.63) is 64.1 Å². The number of fused-ring (bicyclic) bond motifs is 1. The highest BCUT2D eigenvalue weighted by atomic mass is 16.1. The molecule has 3 rings (SSSR count). The molecule has 1 aliphatic rings. The zero-order chi connectivity index (χ0) is 11.8. The lowest BCUT2D eigenvalue weighted by Crippen LogP contribution is -2.22. The van der Waals surface area contributed by atoms with Crippen molar-refractivity contribution in [1.29, 1.82) is 0 Å². The van der Waals surface area contributed by atoms with E-state index in [1.807, 2.05) is 4.57 Å². The van der Waals surface area contributed by atoms with Gasteiger partial charge in [-0.25, -0.2) is 0 Å². The lowest BCUT2D eigenvalue weighted by Gasteiger charge is -2.30. The first-order valence-corrected chi connectivity index (χ1v) is 5.77. The summed E-state index contributed by atoms with van der Waals surface area (Å²) in [4.78, 5) is 11.2. The average Bonchev–Trinajstić information content (AvgIpc) is 2.31. The van der Waals surface area contributed by atoms with E-state index in [4.69, 9.17) is 5.73 Å². The van der Waals surface area contributed by atoms with Crippen LogP contribution in [0.15, 0.2) is 47.5 Å². The Labute approximate surface area is 99.5 Å². The Bertz CT molecular complexity index is 616. The normalized spacial score (nSPS) is 17.3. The third-order valence-electron chi connectivity index (χ3n) is 3.40. The van der Waals surface area contributed by atoms with Crippen LogP contribution in [0.4, 0.5) is 5.69 Å². The van der Waals surface area contributed by atoms with Gasteiger partial charge in [-0.15, -0.1) is 0 Å². The molecule has 3 nitrogen and oxygen atoms in total. The molecule has 3 heteroatoms. The molecule has 0 spiro atoms. The van der Waals surface area contributed by atoms with Crippen LogP contribution >= 0.6 is 0 Å². The summed E-state index contributed by atoms with van der Waals surface area (Å²) in [5.74, 6) is 0.549. The zero-order valence-electron chi connectivity index (χ0n) is 9.47. The van der Waals surface area contributed by atoms with Crippen LogP contribution in [-0.2, 0) is 13.0 Å². The molecule has 1 heterocycles. The van der Waals surface area contributed by atoms with Gasteiger partial charge in [-0.05, 0) is 17.5 Å². The fourth-order valence-corrected chi connectivity index (χ4v) is 2.44. The SMILES string of the molecule is Nc1cn(CC2Cc3ccccc32)ccc1=O. The summed E-state index contributed by atoms with van der Waals surface area (Å²) in [7, 11) is 0. The van der Waals surface area contributed by atoms with E-state index in [9.17, 15) is 4.79 Å². The van der Waals surface area contributed by atoms with E-state index in [2.05, 4.69) is 24.3 Å². The van der Waals surface area contributed by atoms with Crippen LogP contribution in [0.25, 0.3) is 0 Å². The lowest BCUT2D eigenvalue weighted by atomic mass is 9.77. The number of hydrogen-bond donors (Lipinski definition) is 1. The molecule has 0 aliphatic heterocycles. The van der Waals surface area contributed by atoms with Gasteiger partial charge in [-0.1, -0.05) is 24.3 Å². The number of anilines is 1. The maximum Gasteiger partial charge on any atom is 0.204 e. The molecule has 2 N–H and O–H groups in total. The minimum atomic E-state index is -0.102. The highest BCUT2D eigenvalue weighted by Gasteiger charge is 2.25. The summed E-state index contributed by atoms with van der Waals surface area (Å²) < 4.78 is 2.00. The van der Waals surface area contributed by atoms with E-state index >= 15 is 0 Å². The highest BCUT2D eigenvalue weighted by molar-refractivity contribution is 5.40. The van der Waals surface area contributed by atoms with Gasteiger partial charge in [0.15, 0.2) is 0 Å². The summed E-state index contributed by atoms with van der Waals surface area (Å²) in [5, 5.41) is 0. The molecule has 1 aliphatic carbocycles. The van der Waals surface area contributed by atoms with Crippen LogP contribution in [0.1, 0.15) is 17.0 Å². The summed E-state index contributed by atoms with van der Waals surface area (Å²) >= 11 is 0. The molecule has 0 amide bonds. The number of nitrogens with two attached hydrogens (primary N) is 1. The maximum absolute atomic E-state index is 11.2. The molecular weight excluding hydrogens is 212 g/mol. The van der Waals surface area contributed by atoms with Crippen molar-refractivity contribution in [3.63, 3.8) is 0 Å². The van der Waals surface area contributed by atoms with Gasteiger partial charge in [0.2, 0.25) is 5.43 Å². The highest BCUT2D eigenvalue weighted by Crippen LogP contribution is 2.35. The van der Waals surface area contributed by atoms with Crippen molar-refractivity contribution in [2.24, 2.45) is 0 Å². The molecule has 0 saturated carbocycles. The molecular formula is C14H14N2O. The summed E-state index contributed by atoms with van der Waals surface area (Å²) in [6.45, 7) is 0.890. The Morgan fingerprint density at radius 2 is 2.12 bits per heavy atom. The number of aromatic nitrogens is 1. The molecule has 0 bridgehead atoms. The molecule has 0 saturated heterocycles. The van der Waals surface area contributed by atoms with Crippen molar-refractivity contribution >= 4 is 5.69 Å². The van der Waals surface area contributed by atoms with Crippen LogP contribution in [0.2, 0.25) is 0 Å². The fraction of sp³-hybridized carbons (Fsp3) is 0.214. The Morgan fingerprint density at radius 3 is 2.88 bits per heavy atom. The Kier molecular flexibility index (Phi) is 2.25. The molecule has 2 aromatic rings. The first kappa shape index (κ1) is 10.1. The third kappa shape index (κ3) is 1.73. The van der Waals surface area contributed by atoms with Gasteiger partial charge in [0.25, 0.3) is 0 Å². The van der Waals surface area contributed by atoms with Gasteiger partial charge < -0.3 is 10.3 Å². The van der Waals surface area contributed by atoms with Crippen LogP contribution in [0, 0.1) is 0 Å². The quantitative estimate of drug-likeness (QED) is 0.848. The van der Waals surface area contributed by atoms with Gasteiger partial charge in [-0.2, -0.15) is 0 Å². The van der Waals surface area contributed by atoms with E-state index in [1.165, 1.54) is 17.2 Å². The molecule has 1 aromatic carbocycles. The van der Waals surface area contributed by atoms with Crippen LogP contribution in [0.5, 0.6) is 0 Å². The third-order valence-corrected chi connectivity index (χ3v) is 3.40. The summed E-state index contributed by atoms with van der Waals surface area (Å²) in [6, 6.07) is 10.0. The second-order valence-corrected chi connectivity index (χ2v) is 4.56. The summed E-state index contributed by atoms with van der Waals surface area (Å²) in [6.07, 6.45) is 4.64. The second-order valence-electron chi connectivity index (χ2n) is 4.56. The number of nitrogens with zero attached hydrogens (tertiary/aromatic N) is 1. The first-order valence-electron chi connectivity index (χ1n) is 5.77. The van der Waals surface area contributed by atoms with Gasteiger partial charge >= 0.3 is 0 Å². The monoisotopic (exact) mass is 226 g/mol. The van der Waals surface area contributed by atoms with E-state index in [-0.39, 0.29) is 5.43 Å². The zero-order valence-corrected chi connectivity index (χ0v) is 9.47. The molecule has 17 heavy (non-hydrogen) atoms. The largest absolute Gasteiger partial charge is 0.394 e. The number of benzene rings is 1. The topological polar surface area (TPSA) is 48.0 Å². The van der Waals surface area contributed by atoms with Crippen molar-refractivity contribution < 1.29 is 0 Å². The maximum atomic E-state index is 11.2. The number of hydrogen-bond acceptors (Lipinski definition) is 2. The fourth-order valence-electron chi connectivity index (χ4n) is 2.44. The smallest absolute Gasteiger partial charge is 0.204 e. The predicted octanol–water partition coefficient (Wildman–Crippen LogP) is 1.77. The molecule has 86 valence electrons. The van der Waals surface area contributed by atoms with E-state index in [1.54, 1.807) is 12.4 Å². The Morgan fingerprint density at radius 1 is 1.29 bits per heavy atom. The van der Waals surface area contributed by atoms with Crippen molar-refractivity contribution in [3.8, 4) is 0 Å². The second kappa shape index (κ2) is 3.77. The number of rotatable bonds is 2. The first-order chi connectivity index (χ1) is 8.24. The number of pyridine rings is 1. The molecule has 1 aromatic heterocycles. The van der Waals surface area contributed by atoms with Crippen molar-refractivity contribution in [1.82, 2.24) is 4.57 Å². The summed E-state index contributed by atoms with van der Waals surface area (Å²) in [5.41, 5.74) is 8.69. The predicted molar refractivity (Wildman–Crippen MR) is 68.0 cm³/mol. The molecule has 0 radical (unpaired) electrons. The van der Waals surface area contributed by atoms with Gasteiger partial charge in [0, 0.05) is 30.9 Å². The van der Waals surface area contributed by atoms with Crippen LogP contribution in [0.3, 0.4) is 0 Å². The minimum absolute atomic E-state index is 0.102. The van der Waals surface area contributed by atoms with Gasteiger partial charge in [-0.3, -0.25) is 4.79 Å². The average molecular weight is 226 g/mol. The number of nitrogen functional groups attached to an aromatic ring is 1. The van der Waals surface area contributed by atoms with Gasteiger partial charge in [0.05, 0.1) is 5.69 Å². The van der Waals surface area contributed by atoms with E-state index in [0.717, 1.165) is 13.0 Å². The van der Waals surface area contributed by atoms with E-state index in [0.29, 0.717) is 11.6 Å². The standard InChI is InChI=1S/C14H14N2O/c15-13-9-16(6-5-14(13)17)8-11-7-10-3-1-2-4-12(10)11/h1-6,9,11H,7-8,15H2. The lowest BCUT2D eigenvalue weighted by molar-refractivity contribution is 0.507. The van der Waals surface area contributed by atoms with Crippen molar-refractivity contribution in [2.75, 3.05) is 5.73 Å². The molecule has 0 fully saturated rings. The minimum Gasteiger partial charge on any atom is -0.394 e. The Balaban J connectivity index is 1.82. The van der Waals surface area contributed by atoms with E-state index < -0.39 is 0 Å². The van der Waals surface area contributed by atoms with Crippen molar-refractivity contribution in [2.45, 2.75) is 18.9 Å². The molecule has 1 unspecified atom stereocenters. The van der Waals surface area contributed by atoms with Crippen LogP contribution < -0.4 is 11.2 Å². The van der Waals surface area contributed by atoms with Crippen LogP contribution in [-0.4, -0.2) is 4.57 Å². The van der Waals surface area contributed by atoms with Gasteiger partial charge in [0.1, 0.15) is 0 Å².